The predicted molar refractivity (Wildman–Crippen MR) is 52.9 cm³/mol. The van der Waals surface area contributed by atoms with Gasteiger partial charge in [0.15, 0.2) is 0 Å². The molecule has 3 nitrogen and oxygen atoms in total. The van der Waals surface area contributed by atoms with E-state index in [1.807, 2.05) is 12.1 Å². The summed E-state index contributed by atoms with van der Waals surface area (Å²) in [6.07, 6.45) is 1.78. The number of methoxy groups -OCH3 is 1. The molecular weight excluding hydrogens is 164 g/mol. The summed E-state index contributed by atoms with van der Waals surface area (Å²) in [5, 5.41) is 3.29. The lowest BCUT2D eigenvalue weighted by molar-refractivity contribution is 0.398. The number of hydrogen-bond donors (Lipinski definition) is 1. The van der Waals surface area contributed by atoms with E-state index in [1.165, 1.54) is 0 Å². The largest absolute Gasteiger partial charge is 0.495 e. The zero-order valence-corrected chi connectivity index (χ0v) is 8.37. The summed E-state index contributed by atoms with van der Waals surface area (Å²) in [5.74, 6) is 0.843. The van der Waals surface area contributed by atoms with Crippen LogP contribution in [-0.2, 0) is 0 Å². The molecule has 0 aliphatic rings. The highest BCUT2D eigenvalue weighted by atomic mass is 16.5. The maximum atomic E-state index is 5.21. The zero-order valence-electron chi connectivity index (χ0n) is 8.37. The standard InChI is InChI=1S/C10H16N2O/c1-4-11-8(2)10-9(13-3)6-5-7-12-10/h5-8,11H,4H2,1-3H3. The van der Waals surface area contributed by atoms with Gasteiger partial charge in [-0.1, -0.05) is 6.92 Å². The summed E-state index contributed by atoms with van der Waals surface area (Å²) < 4.78 is 5.21. The maximum absolute atomic E-state index is 5.21. The van der Waals surface area contributed by atoms with E-state index in [1.54, 1.807) is 13.3 Å². The SMILES string of the molecule is CCNC(C)c1ncccc1OC. The Kier molecular flexibility index (Phi) is 3.71. The Bertz CT molecular complexity index is 263. The second-order valence-electron chi connectivity index (χ2n) is 2.87. The molecular formula is C10H16N2O. The summed E-state index contributed by atoms with van der Waals surface area (Å²) in [6, 6.07) is 4.04. The third-order valence-electron chi connectivity index (χ3n) is 1.94. The fourth-order valence-electron chi connectivity index (χ4n) is 1.30. The summed E-state index contributed by atoms with van der Waals surface area (Å²) >= 11 is 0. The Balaban J connectivity index is 2.85. The van der Waals surface area contributed by atoms with Crippen molar-refractivity contribution in [2.75, 3.05) is 13.7 Å². The van der Waals surface area contributed by atoms with Crippen molar-refractivity contribution in [3.63, 3.8) is 0 Å². The molecule has 0 saturated heterocycles. The third-order valence-corrected chi connectivity index (χ3v) is 1.94. The number of hydrogen-bond acceptors (Lipinski definition) is 3. The van der Waals surface area contributed by atoms with E-state index in [9.17, 15) is 0 Å². The van der Waals surface area contributed by atoms with Crippen LogP contribution in [0.1, 0.15) is 25.6 Å². The van der Waals surface area contributed by atoms with Crippen molar-refractivity contribution < 1.29 is 4.74 Å². The molecule has 3 heteroatoms. The number of pyridine rings is 1. The van der Waals surface area contributed by atoms with Crippen molar-refractivity contribution in [1.29, 1.82) is 0 Å². The van der Waals surface area contributed by atoms with Crippen molar-refractivity contribution in [2.45, 2.75) is 19.9 Å². The van der Waals surface area contributed by atoms with E-state index in [4.69, 9.17) is 4.74 Å². The molecule has 1 rings (SSSR count). The first kappa shape index (κ1) is 9.99. The fourth-order valence-corrected chi connectivity index (χ4v) is 1.30. The average molecular weight is 180 g/mol. The van der Waals surface area contributed by atoms with Crippen molar-refractivity contribution in [2.24, 2.45) is 0 Å². The predicted octanol–water partition coefficient (Wildman–Crippen LogP) is 1.76. The van der Waals surface area contributed by atoms with Crippen LogP contribution < -0.4 is 10.1 Å². The molecule has 1 heterocycles. The van der Waals surface area contributed by atoms with Crippen LogP contribution in [0.25, 0.3) is 0 Å². The second-order valence-corrected chi connectivity index (χ2v) is 2.87. The van der Waals surface area contributed by atoms with Crippen LogP contribution in [0, 0.1) is 0 Å². The lowest BCUT2D eigenvalue weighted by atomic mass is 10.2. The lowest BCUT2D eigenvalue weighted by Crippen LogP contribution is -2.19. The van der Waals surface area contributed by atoms with Crippen LogP contribution in [0.5, 0.6) is 5.75 Å². The molecule has 0 fully saturated rings. The van der Waals surface area contributed by atoms with E-state index in [0.717, 1.165) is 18.0 Å². The smallest absolute Gasteiger partial charge is 0.141 e. The van der Waals surface area contributed by atoms with Crippen molar-refractivity contribution in [3.05, 3.63) is 24.0 Å². The first-order valence-electron chi connectivity index (χ1n) is 4.51. The van der Waals surface area contributed by atoms with Gasteiger partial charge < -0.3 is 10.1 Å². The minimum Gasteiger partial charge on any atom is -0.495 e. The van der Waals surface area contributed by atoms with Gasteiger partial charge in [0.2, 0.25) is 0 Å². The summed E-state index contributed by atoms with van der Waals surface area (Å²) in [4.78, 5) is 4.28. The van der Waals surface area contributed by atoms with Gasteiger partial charge in [0, 0.05) is 6.20 Å². The molecule has 0 spiro atoms. The molecule has 72 valence electrons. The summed E-state index contributed by atoms with van der Waals surface area (Å²) in [7, 11) is 1.67. The van der Waals surface area contributed by atoms with Gasteiger partial charge in [-0.3, -0.25) is 4.98 Å². The van der Waals surface area contributed by atoms with E-state index in [2.05, 4.69) is 24.1 Å². The van der Waals surface area contributed by atoms with E-state index in [0.29, 0.717) is 0 Å². The highest BCUT2D eigenvalue weighted by Crippen LogP contribution is 2.21. The molecule has 1 atom stereocenters. The highest BCUT2D eigenvalue weighted by molar-refractivity contribution is 5.28. The number of ether oxygens (including phenoxy) is 1. The van der Waals surface area contributed by atoms with Gasteiger partial charge >= 0.3 is 0 Å². The Morgan fingerprint density at radius 2 is 2.38 bits per heavy atom. The zero-order chi connectivity index (χ0) is 9.68. The normalized spacial score (nSPS) is 12.5. The molecule has 0 aromatic carbocycles. The van der Waals surface area contributed by atoms with Gasteiger partial charge in [-0.15, -0.1) is 0 Å². The molecule has 0 bridgehead atoms. The van der Waals surface area contributed by atoms with E-state index in [-0.39, 0.29) is 6.04 Å². The van der Waals surface area contributed by atoms with Crippen molar-refractivity contribution in [3.8, 4) is 5.75 Å². The van der Waals surface area contributed by atoms with Gasteiger partial charge in [0.1, 0.15) is 5.75 Å². The first-order valence-corrected chi connectivity index (χ1v) is 4.51. The monoisotopic (exact) mass is 180 g/mol. The Morgan fingerprint density at radius 3 is 3.00 bits per heavy atom. The second kappa shape index (κ2) is 4.82. The number of aromatic nitrogens is 1. The number of nitrogens with one attached hydrogen (secondary N) is 1. The van der Waals surface area contributed by atoms with Crippen molar-refractivity contribution in [1.82, 2.24) is 10.3 Å². The molecule has 0 radical (unpaired) electrons. The minimum absolute atomic E-state index is 0.237. The fraction of sp³-hybridized carbons (Fsp3) is 0.500. The number of nitrogens with zero attached hydrogens (tertiary/aromatic N) is 1. The molecule has 0 aliphatic carbocycles. The number of rotatable bonds is 4. The quantitative estimate of drug-likeness (QED) is 0.766. The van der Waals surface area contributed by atoms with Gasteiger partial charge in [-0.25, -0.2) is 0 Å². The summed E-state index contributed by atoms with van der Waals surface area (Å²) in [5.41, 5.74) is 0.965. The Hall–Kier alpha value is -1.09. The highest BCUT2D eigenvalue weighted by Gasteiger charge is 2.10. The third kappa shape index (κ3) is 2.42. The first-order chi connectivity index (χ1) is 6.29. The van der Waals surface area contributed by atoms with Crippen LogP contribution >= 0.6 is 0 Å². The molecule has 1 unspecified atom stereocenters. The Morgan fingerprint density at radius 1 is 1.62 bits per heavy atom. The molecule has 0 amide bonds. The molecule has 1 aromatic rings. The van der Waals surface area contributed by atoms with E-state index < -0.39 is 0 Å². The molecule has 1 aromatic heterocycles. The van der Waals surface area contributed by atoms with Crippen LogP contribution in [0.4, 0.5) is 0 Å². The molecule has 0 saturated carbocycles. The average Bonchev–Trinajstić information content (AvgIpc) is 2.18. The van der Waals surface area contributed by atoms with Crippen LogP contribution in [0.2, 0.25) is 0 Å². The van der Waals surface area contributed by atoms with E-state index >= 15 is 0 Å². The topological polar surface area (TPSA) is 34.2 Å². The molecule has 0 aliphatic heterocycles. The maximum Gasteiger partial charge on any atom is 0.141 e. The van der Waals surface area contributed by atoms with Crippen molar-refractivity contribution >= 4 is 0 Å². The van der Waals surface area contributed by atoms with Crippen LogP contribution in [-0.4, -0.2) is 18.6 Å². The van der Waals surface area contributed by atoms with Gasteiger partial charge in [0.25, 0.3) is 0 Å². The Labute approximate surface area is 79.1 Å². The van der Waals surface area contributed by atoms with Gasteiger partial charge in [-0.05, 0) is 25.6 Å². The van der Waals surface area contributed by atoms with Crippen LogP contribution in [0.3, 0.4) is 0 Å². The van der Waals surface area contributed by atoms with Crippen LogP contribution in [0.15, 0.2) is 18.3 Å². The minimum atomic E-state index is 0.237. The molecule has 1 N–H and O–H groups in total. The summed E-state index contributed by atoms with van der Waals surface area (Å²) in [6.45, 7) is 5.08. The van der Waals surface area contributed by atoms with Gasteiger partial charge in [0.05, 0.1) is 18.8 Å². The lowest BCUT2D eigenvalue weighted by Gasteiger charge is -2.14. The van der Waals surface area contributed by atoms with Gasteiger partial charge in [-0.2, -0.15) is 0 Å². The molecule has 13 heavy (non-hydrogen) atoms.